The first-order valence-corrected chi connectivity index (χ1v) is 16.0. The van der Waals surface area contributed by atoms with Crippen LogP contribution in [0.2, 0.25) is 5.02 Å². The number of nitrogens with one attached hydrogen (secondary N) is 1. The SMILES string of the molecule is Cc1ccc(Cl)cc1-n1c(SCc2nc(C(=O)NCCC(c3ccccc3)c3ccccc3)cs2)nnc1-c1ccco1. The third-order valence-electron chi connectivity index (χ3n) is 7.02. The summed E-state index contributed by atoms with van der Waals surface area (Å²) in [6.45, 7) is 2.55. The van der Waals surface area contributed by atoms with Gasteiger partial charge < -0.3 is 9.73 Å². The number of carbonyl (C=O) groups is 1. The molecule has 0 spiro atoms. The van der Waals surface area contributed by atoms with E-state index in [0.717, 1.165) is 22.7 Å². The molecule has 7 nitrogen and oxygen atoms in total. The smallest absolute Gasteiger partial charge is 0.270 e. The van der Waals surface area contributed by atoms with Crippen molar-refractivity contribution in [3.05, 3.63) is 135 Å². The minimum Gasteiger partial charge on any atom is -0.461 e. The summed E-state index contributed by atoms with van der Waals surface area (Å²) in [5.74, 6) is 1.73. The van der Waals surface area contributed by atoms with E-state index in [-0.39, 0.29) is 11.8 Å². The molecular weight excluding hydrogens is 598 g/mol. The number of hydrogen-bond donors (Lipinski definition) is 1. The number of amides is 1. The number of nitrogens with zero attached hydrogens (tertiary/aromatic N) is 4. The van der Waals surface area contributed by atoms with Crippen LogP contribution in [0.3, 0.4) is 0 Å². The first-order chi connectivity index (χ1) is 21.1. The van der Waals surface area contributed by atoms with Crippen molar-refractivity contribution in [2.45, 2.75) is 30.2 Å². The zero-order valence-electron chi connectivity index (χ0n) is 23.3. The minimum atomic E-state index is -0.176. The number of aryl methyl sites for hydroxylation is 1. The molecular formula is C33H28ClN5O2S2. The van der Waals surface area contributed by atoms with E-state index < -0.39 is 0 Å². The Balaban J connectivity index is 1.12. The van der Waals surface area contributed by atoms with Crippen LogP contribution >= 0.6 is 34.7 Å². The minimum absolute atomic E-state index is 0.176. The summed E-state index contributed by atoms with van der Waals surface area (Å²) < 4.78 is 7.58. The molecule has 1 N–H and O–H groups in total. The third kappa shape index (κ3) is 6.74. The van der Waals surface area contributed by atoms with Crippen molar-refractivity contribution >= 4 is 40.6 Å². The van der Waals surface area contributed by atoms with Crippen LogP contribution in [0, 0.1) is 6.92 Å². The second-order valence-corrected chi connectivity index (χ2v) is 12.2. The lowest BCUT2D eigenvalue weighted by Crippen LogP contribution is -2.26. The van der Waals surface area contributed by atoms with E-state index in [2.05, 4.69) is 69.0 Å². The fourth-order valence-electron chi connectivity index (χ4n) is 4.89. The maximum atomic E-state index is 13.0. The van der Waals surface area contributed by atoms with Crippen molar-refractivity contribution in [2.75, 3.05) is 6.54 Å². The molecule has 6 rings (SSSR count). The van der Waals surface area contributed by atoms with Gasteiger partial charge in [0.25, 0.3) is 5.91 Å². The standard InChI is InChI=1S/C33H28ClN5O2S2/c1-22-14-15-25(34)19-28(22)39-31(29-13-8-18-41-29)37-38-33(39)43-21-30-36-27(20-42-30)32(40)35-17-16-26(23-9-4-2-5-10-23)24-11-6-3-7-12-24/h2-15,18-20,26H,16-17,21H2,1H3,(H,35,40). The Bertz CT molecular complexity index is 1760. The maximum Gasteiger partial charge on any atom is 0.270 e. The third-order valence-corrected chi connectivity index (χ3v) is 9.23. The van der Waals surface area contributed by atoms with E-state index in [9.17, 15) is 4.79 Å². The molecule has 43 heavy (non-hydrogen) atoms. The van der Waals surface area contributed by atoms with Gasteiger partial charge in [-0.2, -0.15) is 0 Å². The fraction of sp³-hybridized carbons (Fsp3) is 0.152. The molecule has 0 bridgehead atoms. The van der Waals surface area contributed by atoms with E-state index >= 15 is 0 Å². The average Bonchev–Trinajstić information content (AvgIpc) is 3.82. The van der Waals surface area contributed by atoms with Crippen molar-refractivity contribution < 1.29 is 9.21 Å². The van der Waals surface area contributed by atoms with Gasteiger partial charge in [0.05, 0.1) is 17.7 Å². The van der Waals surface area contributed by atoms with Gasteiger partial charge in [0.2, 0.25) is 5.82 Å². The molecule has 3 aromatic carbocycles. The molecule has 0 radical (unpaired) electrons. The summed E-state index contributed by atoms with van der Waals surface area (Å²) in [5.41, 5.74) is 4.77. The van der Waals surface area contributed by atoms with Gasteiger partial charge in [-0.05, 0) is 54.3 Å². The van der Waals surface area contributed by atoms with Gasteiger partial charge in [0, 0.05) is 22.9 Å². The molecule has 0 saturated heterocycles. The predicted molar refractivity (Wildman–Crippen MR) is 172 cm³/mol. The quantitative estimate of drug-likeness (QED) is 0.146. The number of thiazole rings is 1. The number of furan rings is 1. The van der Waals surface area contributed by atoms with Crippen molar-refractivity contribution in [1.29, 1.82) is 0 Å². The highest BCUT2D eigenvalue weighted by Gasteiger charge is 2.21. The molecule has 0 aliphatic carbocycles. The van der Waals surface area contributed by atoms with Gasteiger partial charge in [-0.1, -0.05) is 90.1 Å². The number of thioether (sulfide) groups is 1. The number of hydrogen-bond acceptors (Lipinski definition) is 7. The van der Waals surface area contributed by atoms with Gasteiger partial charge >= 0.3 is 0 Å². The highest BCUT2D eigenvalue weighted by Crippen LogP contribution is 2.33. The molecule has 3 aromatic heterocycles. The Morgan fingerprint density at radius 3 is 2.44 bits per heavy atom. The molecule has 0 fully saturated rings. The molecule has 0 aliphatic rings. The zero-order valence-corrected chi connectivity index (χ0v) is 25.7. The largest absolute Gasteiger partial charge is 0.461 e. The molecule has 1 amide bonds. The molecule has 0 atom stereocenters. The highest BCUT2D eigenvalue weighted by molar-refractivity contribution is 7.98. The Morgan fingerprint density at radius 1 is 1.00 bits per heavy atom. The van der Waals surface area contributed by atoms with Crippen LogP contribution in [-0.4, -0.2) is 32.2 Å². The van der Waals surface area contributed by atoms with E-state index in [0.29, 0.717) is 39.8 Å². The van der Waals surface area contributed by atoms with Gasteiger partial charge in [-0.3, -0.25) is 9.36 Å². The van der Waals surface area contributed by atoms with Crippen LogP contribution in [0.15, 0.2) is 112 Å². The molecule has 3 heterocycles. The van der Waals surface area contributed by atoms with E-state index in [4.69, 9.17) is 16.0 Å². The molecule has 0 unspecified atom stereocenters. The normalized spacial score (nSPS) is 11.2. The molecule has 0 aliphatic heterocycles. The second-order valence-electron chi connectivity index (χ2n) is 9.88. The summed E-state index contributed by atoms with van der Waals surface area (Å²) in [7, 11) is 0. The van der Waals surface area contributed by atoms with Crippen molar-refractivity contribution in [1.82, 2.24) is 25.1 Å². The van der Waals surface area contributed by atoms with Gasteiger partial charge in [-0.25, -0.2) is 4.98 Å². The van der Waals surface area contributed by atoms with Crippen LogP contribution in [0.4, 0.5) is 0 Å². The number of rotatable bonds is 11. The maximum absolute atomic E-state index is 13.0. The summed E-state index contributed by atoms with van der Waals surface area (Å²) in [5, 5.41) is 15.8. The van der Waals surface area contributed by atoms with Crippen LogP contribution in [-0.2, 0) is 5.75 Å². The van der Waals surface area contributed by atoms with E-state index in [1.54, 1.807) is 11.6 Å². The number of aromatic nitrogens is 4. The number of benzene rings is 3. The number of halogens is 1. The van der Waals surface area contributed by atoms with Crippen LogP contribution in [0.5, 0.6) is 0 Å². The molecule has 10 heteroatoms. The van der Waals surface area contributed by atoms with E-state index in [1.807, 2.05) is 54.0 Å². The Labute approximate surface area is 263 Å². The first kappa shape index (κ1) is 28.9. The Kier molecular flexibility index (Phi) is 9.02. The van der Waals surface area contributed by atoms with Crippen LogP contribution in [0.1, 0.15) is 44.5 Å². The lowest BCUT2D eigenvalue weighted by molar-refractivity contribution is 0.0948. The lowest BCUT2D eigenvalue weighted by Gasteiger charge is -2.18. The highest BCUT2D eigenvalue weighted by atomic mass is 35.5. The Morgan fingerprint density at radius 2 is 1.74 bits per heavy atom. The lowest BCUT2D eigenvalue weighted by atomic mass is 9.88. The van der Waals surface area contributed by atoms with Gasteiger partial charge in [-0.15, -0.1) is 21.5 Å². The van der Waals surface area contributed by atoms with Crippen molar-refractivity contribution in [3.8, 4) is 17.3 Å². The molecule has 0 saturated carbocycles. The topological polar surface area (TPSA) is 85.8 Å². The summed E-state index contributed by atoms with van der Waals surface area (Å²) in [4.78, 5) is 17.6. The molecule has 6 aromatic rings. The first-order valence-electron chi connectivity index (χ1n) is 13.8. The Hall–Kier alpha value is -4.18. The second kappa shape index (κ2) is 13.4. The van der Waals surface area contributed by atoms with E-state index in [1.165, 1.54) is 34.2 Å². The van der Waals surface area contributed by atoms with Crippen molar-refractivity contribution in [2.24, 2.45) is 0 Å². The fourth-order valence-corrected chi connectivity index (χ4v) is 6.80. The molecule has 216 valence electrons. The predicted octanol–water partition coefficient (Wildman–Crippen LogP) is 8.19. The van der Waals surface area contributed by atoms with Crippen LogP contribution in [0.25, 0.3) is 17.3 Å². The number of carbonyl (C=O) groups excluding carboxylic acids is 1. The summed E-state index contributed by atoms with van der Waals surface area (Å²) in [6.07, 6.45) is 2.39. The van der Waals surface area contributed by atoms with Gasteiger partial charge in [0.15, 0.2) is 10.9 Å². The van der Waals surface area contributed by atoms with Crippen molar-refractivity contribution in [3.63, 3.8) is 0 Å². The van der Waals surface area contributed by atoms with Gasteiger partial charge in [0.1, 0.15) is 10.7 Å². The monoisotopic (exact) mass is 625 g/mol. The zero-order chi connectivity index (χ0) is 29.6. The summed E-state index contributed by atoms with van der Waals surface area (Å²) >= 11 is 9.30. The average molecular weight is 626 g/mol. The summed E-state index contributed by atoms with van der Waals surface area (Å²) in [6, 6.07) is 30.2. The van der Waals surface area contributed by atoms with Crippen LogP contribution < -0.4 is 5.32 Å².